The quantitative estimate of drug-likeness (QED) is 0.799. The molecule has 6 nitrogen and oxygen atoms in total. The largest absolute Gasteiger partial charge is 0.354 e. The van der Waals surface area contributed by atoms with E-state index in [0.717, 1.165) is 24.4 Å². The number of hydrogen-bond acceptors (Lipinski definition) is 4. The van der Waals surface area contributed by atoms with Gasteiger partial charge < -0.3 is 15.5 Å². The first kappa shape index (κ1) is 22.2. The molecule has 1 atom stereocenters. The van der Waals surface area contributed by atoms with Crippen LogP contribution in [0.2, 0.25) is 0 Å². The van der Waals surface area contributed by atoms with Crippen molar-refractivity contribution < 1.29 is 4.79 Å². The summed E-state index contributed by atoms with van der Waals surface area (Å²) < 4.78 is 1.71. The van der Waals surface area contributed by atoms with Crippen LogP contribution in [0.25, 0.3) is 0 Å². The summed E-state index contributed by atoms with van der Waals surface area (Å²) in [6.07, 6.45) is 7.16. The Morgan fingerprint density at radius 2 is 2.00 bits per heavy atom. The fourth-order valence-electron chi connectivity index (χ4n) is 2.89. The molecule has 0 bridgehead atoms. The lowest BCUT2D eigenvalue weighted by Crippen LogP contribution is -2.37. The second kappa shape index (κ2) is 10.9. The molecule has 134 valence electrons. The van der Waals surface area contributed by atoms with Crippen molar-refractivity contribution >= 4 is 30.7 Å². The highest BCUT2D eigenvalue weighted by molar-refractivity contribution is 5.85. The number of rotatable bonds is 6. The van der Waals surface area contributed by atoms with Gasteiger partial charge in [-0.05, 0) is 52.4 Å². The van der Waals surface area contributed by atoms with Crippen LogP contribution >= 0.6 is 24.8 Å². The van der Waals surface area contributed by atoms with Crippen LogP contribution in [0.5, 0.6) is 0 Å². The number of likely N-dealkylation sites (N-methyl/N-ethyl adjacent to an activating group) is 1. The molecule has 2 rings (SSSR count). The summed E-state index contributed by atoms with van der Waals surface area (Å²) in [7, 11) is 5.83. The molecule has 2 heterocycles. The smallest absolute Gasteiger partial charge is 0.241 e. The standard InChI is InChI=1S/C15H27N5O.2ClH/c1-16-14(13-10-18-20(3)11-13)15(21)17-7-4-12-5-8-19(2)9-6-12;;/h10-12,14,16H,4-9H2,1-3H3,(H,17,21);2*1H. The number of carbonyl (C=O) groups excluding carboxylic acids is 1. The predicted octanol–water partition coefficient (Wildman–Crippen LogP) is 1.37. The molecule has 0 aliphatic carbocycles. The number of piperidine rings is 1. The summed E-state index contributed by atoms with van der Waals surface area (Å²) in [6, 6.07) is -0.323. The van der Waals surface area contributed by atoms with Gasteiger partial charge in [-0.3, -0.25) is 9.48 Å². The van der Waals surface area contributed by atoms with Gasteiger partial charge in [0.15, 0.2) is 0 Å². The molecule has 1 aromatic rings. The molecule has 1 unspecified atom stereocenters. The summed E-state index contributed by atoms with van der Waals surface area (Å²) in [5.41, 5.74) is 0.900. The molecular weight excluding hydrogens is 337 g/mol. The third-order valence-corrected chi connectivity index (χ3v) is 4.30. The van der Waals surface area contributed by atoms with Gasteiger partial charge in [-0.2, -0.15) is 5.10 Å². The van der Waals surface area contributed by atoms with E-state index in [1.807, 2.05) is 13.2 Å². The number of nitrogens with one attached hydrogen (secondary N) is 2. The molecule has 1 aliphatic rings. The van der Waals surface area contributed by atoms with Gasteiger partial charge in [0.2, 0.25) is 5.91 Å². The molecule has 2 N–H and O–H groups in total. The molecule has 23 heavy (non-hydrogen) atoms. The summed E-state index contributed by atoms with van der Waals surface area (Å²) in [5.74, 6) is 0.770. The number of aromatic nitrogens is 2. The Kier molecular flexibility index (Phi) is 10.5. The van der Waals surface area contributed by atoms with Crippen LogP contribution in [-0.4, -0.2) is 54.3 Å². The zero-order chi connectivity index (χ0) is 15.2. The van der Waals surface area contributed by atoms with E-state index in [-0.39, 0.29) is 36.8 Å². The third kappa shape index (κ3) is 6.67. The van der Waals surface area contributed by atoms with E-state index in [0.29, 0.717) is 0 Å². The number of aryl methyl sites for hydroxylation is 1. The van der Waals surface area contributed by atoms with Crippen LogP contribution in [-0.2, 0) is 11.8 Å². The molecule has 1 aliphatic heterocycles. The maximum atomic E-state index is 12.3. The normalized spacial score (nSPS) is 17.0. The Labute approximate surface area is 151 Å². The van der Waals surface area contributed by atoms with Crippen LogP contribution in [0.4, 0.5) is 0 Å². The third-order valence-electron chi connectivity index (χ3n) is 4.30. The molecule has 0 spiro atoms. The van der Waals surface area contributed by atoms with Crippen molar-refractivity contribution in [3.05, 3.63) is 18.0 Å². The van der Waals surface area contributed by atoms with E-state index in [4.69, 9.17) is 0 Å². The maximum Gasteiger partial charge on any atom is 0.241 e. The first-order chi connectivity index (χ1) is 10.1. The lowest BCUT2D eigenvalue weighted by Gasteiger charge is -2.29. The van der Waals surface area contributed by atoms with Gasteiger partial charge in [-0.25, -0.2) is 0 Å². The number of nitrogens with zero attached hydrogens (tertiary/aromatic N) is 3. The van der Waals surface area contributed by atoms with E-state index in [9.17, 15) is 4.79 Å². The number of hydrogen-bond donors (Lipinski definition) is 2. The van der Waals surface area contributed by atoms with E-state index in [1.165, 1.54) is 25.9 Å². The number of halogens is 2. The van der Waals surface area contributed by atoms with Crippen molar-refractivity contribution in [1.29, 1.82) is 0 Å². The van der Waals surface area contributed by atoms with Crippen molar-refractivity contribution in [1.82, 2.24) is 25.3 Å². The van der Waals surface area contributed by atoms with E-state index in [1.54, 1.807) is 17.9 Å². The van der Waals surface area contributed by atoms with Gasteiger partial charge in [0.05, 0.1) is 6.20 Å². The van der Waals surface area contributed by atoms with E-state index < -0.39 is 0 Å². The first-order valence-electron chi connectivity index (χ1n) is 7.72. The molecule has 1 saturated heterocycles. The van der Waals surface area contributed by atoms with Crippen molar-refractivity contribution in [3.63, 3.8) is 0 Å². The van der Waals surface area contributed by atoms with E-state index in [2.05, 4.69) is 27.7 Å². The summed E-state index contributed by atoms with van der Waals surface area (Å²) in [4.78, 5) is 14.6. The van der Waals surface area contributed by atoms with Gasteiger partial charge in [0.1, 0.15) is 6.04 Å². The Morgan fingerprint density at radius 3 is 2.52 bits per heavy atom. The Bertz CT molecular complexity index is 460. The molecule has 1 fully saturated rings. The second-order valence-corrected chi connectivity index (χ2v) is 6.00. The number of likely N-dealkylation sites (tertiary alicyclic amines) is 1. The molecule has 1 amide bonds. The second-order valence-electron chi connectivity index (χ2n) is 6.00. The van der Waals surface area contributed by atoms with Crippen molar-refractivity contribution in [2.45, 2.75) is 25.3 Å². The number of amides is 1. The lowest BCUT2D eigenvalue weighted by atomic mass is 9.94. The highest BCUT2D eigenvalue weighted by Crippen LogP contribution is 2.19. The molecule has 8 heteroatoms. The Hall–Kier alpha value is -0.820. The van der Waals surface area contributed by atoms with Crippen molar-refractivity contribution in [2.75, 3.05) is 33.7 Å². The van der Waals surface area contributed by atoms with E-state index >= 15 is 0 Å². The SMILES string of the molecule is CNC(C(=O)NCCC1CCN(C)CC1)c1cnn(C)c1.Cl.Cl. The van der Waals surface area contributed by atoms with Gasteiger partial charge in [0.25, 0.3) is 0 Å². The summed E-state index contributed by atoms with van der Waals surface area (Å²) >= 11 is 0. The van der Waals surface area contributed by atoms with Gasteiger partial charge >= 0.3 is 0 Å². The molecular formula is C15H29Cl2N5O. The van der Waals surface area contributed by atoms with Crippen LogP contribution in [0, 0.1) is 5.92 Å². The van der Waals surface area contributed by atoms with Gasteiger partial charge in [-0.15, -0.1) is 24.8 Å². The minimum Gasteiger partial charge on any atom is -0.354 e. The predicted molar refractivity (Wildman–Crippen MR) is 97.4 cm³/mol. The zero-order valence-electron chi connectivity index (χ0n) is 14.1. The van der Waals surface area contributed by atoms with Crippen molar-refractivity contribution in [3.8, 4) is 0 Å². The van der Waals surface area contributed by atoms with Crippen LogP contribution in [0.1, 0.15) is 30.9 Å². The zero-order valence-corrected chi connectivity index (χ0v) is 15.8. The maximum absolute atomic E-state index is 12.3. The Balaban J connectivity index is 0.00000242. The number of carbonyl (C=O) groups is 1. The summed E-state index contributed by atoms with van der Waals surface area (Å²) in [5, 5.41) is 10.2. The first-order valence-corrected chi connectivity index (χ1v) is 7.72. The summed E-state index contributed by atoms with van der Waals surface area (Å²) in [6.45, 7) is 3.10. The minimum atomic E-state index is -0.323. The topological polar surface area (TPSA) is 62.2 Å². The fourth-order valence-corrected chi connectivity index (χ4v) is 2.89. The van der Waals surface area contributed by atoms with Crippen molar-refractivity contribution in [2.24, 2.45) is 13.0 Å². The highest BCUT2D eigenvalue weighted by atomic mass is 35.5. The highest BCUT2D eigenvalue weighted by Gasteiger charge is 2.21. The van der Waals surface area contributed by atoms with Crippen LogP contribution in [0.3, 0.4) is 0 Å². The van der Waals surface area contributed by atoms with Crippen LogP contribution in [0.15, 0.2) is 12.4 Å². The molecule has 0 saturated carbocycles. The fraction of sp³-hybridized carbons (Fsp3) is 0.733. The van der Waals surface area contributed by atoms with Gasteiger partial charge in [-0.1, -0.05) is 0 Å². The average molecular weight is 366 g/mol. The lowest BCUT2D eigenvalue weighted by molar-refractivity contribution is -0.123. The monoisotopic (exact) mass is 365 g/mol. The average Bonchev–Trinajstić information content (AvgIpc) is 2.88. The van der Waals surface area contributed by atoms with Gasteiger partial charge in [0, 0.05) is 25.4 Å². The molecule has 0 aromatic carbocycles. The van der Waals surface area contributed by atoms with Crippen LogP contribution < -0.4 is 10.6 Å². The minimum absolute atomic E-state index is 0. The molecule has 0 radical (unpaired) electrons. The Morgan fingerprint density at radius 1 is 1.35 bits per heavy atom. The molecule has 1 aromatic heterocycles.